The first-order chi connectivity index (χ1) is 13.4. The SMILES string of the molecule is CCN(C(=O)Cn1nnc(-c2ccccc2)n1)c1ccc(OC(F)(F)F)cc1. The lowest BCUT2D eigenvalue weighted by Gasteiger charge is -2.21. The van der Waals surface area contributed by atoms with Crippen molar-refractivity contribution >= 4 is 11.6 Å². The van der Waals surface area contributed by atoms with Crippen molar-refractivity contribution in [2.45, 2.75) is 19.8 Å². The minimum Gasteiger partial charge on any atom is -0.406 e. The second kappa shape index (κ2) is 8.07. The van der Waals surface area contributed by atoms with Gasteiger partial charge < -0.3 is 9.64 Å². The Bertz CT molecular complexity index is 926. The van der Waals surface area contributed by atoms with Gasteiger partial charge >= 0.3 is 6.36 Å². The molecule has 28 heavy (non-hydrogen) atoms. The zero-order chi connectivity index (χ0) is 20.1. The van der Waals surface area contributed by atoms with Crippen molar-refractivity contribution in [3.63, 3.8) is 0 Å². The van der Waals surface area contributed by atoms with Gasteiger partial charge in [-0.2, -0.15) is 4.80 Å². The third-order valence-corrected chi connectivity index (χ3v) is 3.76. The summed E-state index contributed by atoms with van der Waals surface area (Å²) in [5.41, 5.74) is 1.21. The van der Waals surface area contributed by atoms with Gasteiger partial charge in [0, 0.05) is 17.8 Å². The number of carbonyl (C=O) groups excluding carboxylic acids is 1. The van der Waals surface area contributed by atoms with E-state index in [1.807, 2.05) is 30.3 Å². The molecule has 0 saturated heterocycles. The van der Waals surface area contributed by atoms with Crippen LogP contribution in [0.15, 0.2) is 54.6 Å². The highest BCUT2D eigenvalue weighted by atomic mass is 19.4. The van der Waals surface area contributed by atoms with E-state index in [1.165, 1.54) is 21.8 Å². The van der Waals surface area contributed by atoms with Crippen LogP contribution in [0.3, 0.4) is 0 Å². The zero-order valence-corrected chi connectivity index (χ0v) is 14.8. The van der Waals surface area contributed by atoms with Gasteiger partial charge in [0.05, 0.1) is 0 Å². The molecule has 3 rings (SSSR count). The van der Waals surface area contributed by atoms with Gasteiger partial charge in [-0.1, -0.05) is 30.3 Å². The standard InChI is InChI=1S/C18H16F3N5O2/c1-2-25(14-8-10-15(11-9-14)28-18(19,20)21)16(27)12-26-23-17(22-24-26)13-6-4-3-5-7-13/h3-11H,2,12H2,1H3. The topological polar surface area (TPSA) is 73.1 Å². The fraction of sp³-hybridized carbons (Fsp3) is 0.222. The molecule has 146 valence electrons. The van der Waals surface area contributed by atoms with Gasteiger partial charge in [0.2, 0.25) is 5.82 Å². The molecule has 1 amide bonds. The number of amides is 1. The van der Waals surface area contributed by atoms with Crippen molar-refractivity contribution in [3.8, 4) is 17.1 Å². The second-order valence-electron chi connectivity index (χ2n) is 5.69. The van der Waals surface area contributed by atoms with E-state index >= 15 is 0 Å². The molecule has 0 aliphatic carbocycles. The summed E-state index contributed by atoms with van der Waals surface area (Å²) < 4.78 is 40.6. The van der Waals surface area contributed by atoms with Crippen molar-refractivity contribution in [3.05, 3.63) is 54.6 Å². The number of carbonyl (C=O) groups is 1. The van der Waals surface area contributed by atoms with Gasteiger partial charge in [-0.3, -0.25) is 4.79 Å². The van der Waals surface area contributed by atoms with Gasteiger partial charge in [0.15, 0.2) is 0 Å². The molecular weight excluding hydrogens is 375 g/mol. The van der Waals surface area contributed by atoms with Gasteiger partial charge in [0.1, 0.15) is 12.3 Å². The third kappa shape index (κ3) is 4.84. The number of nitrogens with zero attached hydrogens (tertiary/aromatic N) is 5. The van der Waals surface area contributed by atoms with E-state index < -0.39 is 6.36 Å². The van der Waals surface area contributed by atoms with Crippen molar-refractivity contribution < 1.29 is 22.7 Å². The number of likely N-dealkylation sites (N-methyl/N-ethyl adjacent to an activating group) is 1. The van der Waals surface area contributed by atoms with Crippen LogP contribution in [0.2, 0.25) is 0 Å². The fourth-order valence-corrected chi connectivity index (χ4v) is 2.55. The van der Waals surface area contributed by atoms with E-state index in [2.05, 4.69) is 20.1 Å². The molecule has 0 unspecified atom stereocenters. The number of halogens is 3. The van der Waals surface area contributed by atoms with E-state index in [0.29, 0.717) is 18.1 Å². The quantitative estimate of drug-likeness (QED) is 0.645. The lowest BCUT2D eigenvalue weighted by atomic mass is 10.2. The molecule has 0 N–H and O–H groups in total. The average molecular weight is 391 g/mol. The number of tetrazole rings is 1. The van der Waals surface area contributed by atoms with Crippen LogP contribution in [-0.4, -0.2) is 39.0 Å². The first-order valence-electron chi connectivity index (χ1n) is 8.35. The van der Waals surface area contributed by atoms with Crippen molar-refractivity contribution in [1.29, 1.82) is 0 Å². The van der Waals surface area contributed by atoms with Gasteiger partial charge in [-0.15, -0.1) is 23.4 Å². The van der Waals surface area contributed by atoms with Crippen LogP contribution in [0.5, 0.6) is 5.75 Å². The molecule has 1 heterocycles. The monoisotopic (exact) mass is 391 g/mol. The summed E-state index contributed by atoms with van der Waals surface area (Å²) in [6.07, 6.45) is -4.77. The van der Waals surface area contributed by atoms with Crippen LogP contribution in [-0.2, 0) is 11.3 Å². The molecule has 7 nitrogen and oxygen atoms in total. The summed E-state index contributed by atoms with van der Waals surface area (Å²) in [5.74, 6) is -0.292. The van der Waals surface area contributed by atoms with E-state index in [0.717, 1.165) is 17.7 Å². The van der Waals surface area contributed by atoms with Gasteiger partial charge in [-0.05, 0) is 36.4 Å². The highest BCUT2D eigenvalue weighted by Gasteiger charge is 2.31. The Balaban J connectivity index is 1.69. The first kappa shape index (κ1) is 19.3. The Labute approximate surface area is 158 Å². The summed E-state index contributed by atoms with van der Waals surface area (Å²) in [6.45, 7) is 1.91. The van der Waals surface area contributed by atoms with Gasteiger partial charge in [0.25, 0.3) is 5.91 Å². The molecule has 0 aliphatic heterocycles. The van der Waals surface area contributed by atoms with E-state index in [4.69, 9.17) is 0 Å². The molecule has 0 atom stereocenters. The Morgan fingerprint density at radius 1 is 1.11 bits per heavy atom. The largest absolute Gasteiger partial charge is 0.573 e. The molecule has 2 aromatic carbocycles. The van der Waals surface area contributed by atoms with E-state index in [1.54, 1.807) is 6.92 Å². The molecule has 0 spiro atoms. The van der Waals surface area contributed by atoms with E-state index in [-0.39, 0.29) is 18.2 Å². The molecule has 0 bridgehead atoms. The van der Waals surface area contributed by atoms with Crippen molar-refractivity contribution in [1.82, 2.24) is 20.2 Å². The molecule has 0 fully saturated rings. The fourth-order valence-electron chi connectivity index (χ4n) is 2.55. The molecule has 0 saturated carbocycles. The summed E-state index contributed by atoms with van der Waals surface area (Å²) in [4.78, 5) is 15.2. The van der Waals surface area contributed by atoms with Crippen molar-refractivity contribution in [2.24, 2.45) is 0 Å². The zero-order valence-electron chi connectivity index (χ0n) is 14.8. The minimum atomic E-state index is -4.77. The molecule has 10 heteroatoms. The molecule has 0 radical (unpaired) electrons. The maximum Gasteiger partial charge on any atom is 0.573 e. The number of rotatable bonds is 6. The Hall–Kier alpha value is -3.43. The molecular formula is C18H16F3N5O2. The number of aromatic nitrogens is 4. The number of benzene rings is 2. The maximum absolute atomic E-state index is 12.6. The normalized spacial score (nSPS) is 11.3. The first-order valence-corrected chi connectivity index (χ1v) is 8.35. The highest BCUT2D eigenvalue weighted by molar-refractivity contribution is 5.93. The molecule has 1 aromatic heterocycles. The Morgan fingerprint density at radius 3 is 2.39 bits per heavy atom. The summed E-state index contributed by atoms with van der Waals surface area (Å²) in [7, 11) is 0. The van der Waals surface area contributed by atoms with Crippen LogP contribution in [0, 0.1) is 0 Å². The third-order valence-electron chi connectivity index (χ3n) is 3.76. The van der Waals surface area contributed by atoms with Gasteiger partial charge in [-0.25, -0.2) is 0 Å². The summed E-state index contributed by atoms with van der Waals surface area (Å²) in [5, 5.41) is 12.0. The maximum atomic E-state index is 12.6. The van der Waals surface area contributed by atoms with Crippen LogP contribution in [0.25, 0.3) is 11.4 Å². The molecule has 3 aromatic rings. The molecule has 0 aliphatic rings. The van der Waals surface area contributed by atoms with Crippen LogP contribution < -0.4 is 9.64 Å². The average Bonchev–Trinajstić information content (AvgIpc) is 3.12. The number of anilines is 1. The lowest BCUT2D eigenvalue weighted by Crippen LogP contribution is -2.34. The summed E-state index contributed by atoms with van der Waals surface area (Å²) >= 11 is 0. The van der Waals surface area contributed by atoms with Crippen LogP contribution in [0.4, 0.5) is 18.9 Å². The minimum absolute atomic E-state index is 0.158. The predicted octanol–water partition coefficient (Wildman–Crippen LogP) is 3.29. The number of ether oxygens (including phenoxy) is 1. The summed E-state index contributed by atoms with van der Waals surface area (Å²) in [6, 6.07) is 14.3. The number of alkyl halides is 3. The second-order valence-corrected chi connectivity index (χ2v) is 5.69. The highest BCUT2D eigenvalue weighted by Crippen LogP contribution is 2.25. The van der Waals surface area contributed by atoms with Crippen LogP contribution in [0.1, 0.15) is 6.92 Å². The Kier molecular flexibility index (Phi) is 5.57. The van der Waals surface area contributed by atoms with E-state index in [9.17, 15) is 18.0 Å². The Morgan fingerprint density at radius 2 is 1.79 bits per heavy atom. The number of hydrogen-bond acceptors (Lipinski definition) is 5. The van der Waals surface area contributed by atoms with Crippen molar-refractivity contribution in [2.75, 3.05) is 11.4 Å². The smallest absolute Gasteiger partial charge is 0.406 e. The lowest BCUT2D eigenvalue weighted by molar-refractivity contribution is -0.274. The predicted molar refractivity (Wildman–Crippen MR) is 94.4 cm³/mol. The number of hydrogen-bond donors (Lipinski definition) is 0. The van der Waals surface area contributed by atoms with Crippen LogP contribution >= 0.6 is 0 Å².